The van der Waals surface area contributed by atoms with Crippen LogP contribution in [0.25, 0.3) is 22.5 Å². The summed E-state index contributed by atoms with van der Waals surface area (Å²) in [5.74, 6) is -0.156. The molecule has 0 amide bonds. The summed E-state index contributed by atoms with van der Waals surface area (Å²) >= 11 is 0. The van der Waals surface area contributed by atoms with Crippen molar-refractivity contribution < 1.29 is 4.79 Å². The largest absolute Gasteiger partial charge is 0.399 e. The van der Waals surface area contributed by atoms with Gasteiger partial charge >= 0.3 is 0 Å². The molecule has 4 N–H and O–H groups in total. The number of nitrogens with zero attached hydrogens (tertiary/aromatic N) is 2. The Labute approximate surface area is 162 Å². The molecule has 28 heavy (non-hydrogen) atoms. The molecule has 0 aliphatic rings. The van der Waals surface area contributed by atoms with E-state index in [1.54, 1.807) is 60.9 Å². The lowest BCUT2D eigenvalue weighted by Crippen LogP contribution is -2.08. The van der Waals surface area contributed by atoms with Gasteiger partial charge in [-0.25, -0.2) is 0 Å². The molecule has 0 aliphatic carbocycles. The number of nitrogens with two attached hydrogens (primary N) is 2. The maximum atomic E-state index is 13.5. The minimum absolute atomic E-state index is 0.156. The molecule has 0 aliphatic heterocycles. The fraction of sp³-hybridized carbons (Fsp3) is 0. The first-order valence-electron chi connectivity index (χ1n) is 8.80. The van der Waals surface area contributed by atoms with Crippen molar-refractivity contribution in [2.75, 3.05) is 11.5 Å². The lowest BCUT2D eigenvalue weighted by molar-refractivity contribution is 0.103. The number of pyridine rings is 2. The Bertz CT molecular complexity index is 1080. The number of aromatic nitrogens is 2. The summed E-state index contributed by atoms with van der Waals surface area (Å²) in [7, 11) is 0. The maximum absolute atomic E-state index is 13.5. The highest BCUT2D eigenvalue weighted by molar-refractivity contribution is 6.15. The summed E-state index contributed by atoms with van der Waals surface area (Å²) in [6.07, 6.45) is 3.33. The average molecular weight is 366 g/mol. The van der Waals surface area contributed by atoms with Crippen LogP contribution < -0.4 is 11.5 Å². The van der Waals surface area contributed by atoms with E-state index < -0.39 is 0 Å². The van der Waals surface area contributed by atoms with Crippen molar-refractivity contribution in [2.24, 2.45) is 0 Å². The van der Waals surface area contributed by atoms with Crippen molar-refractivity contribution in [3.05, 3.63) is 96.3 Å². The van der Waals surface area contributed by atoms with Crippen molar-refractivity contribution in [1.29, 1.82) is 0 Å². The quantitative estimate of drug-likeness (QED) is 0.417. The molecule has 0 spiro atoms. The molecule has 4 rings (SSSR count). The number of anilines is 2. The van der Waals surface area contributed by atoms with Crippen molar-refractivity contribution >= 4 is 17.2 Å². The number of ketones is 1. The highest BCUT2D eigenvalue weighted by atomic mass is 16.1. The highest BCUT2D eigenvalue weighted by Gasteiger charge is 2.20. The van der Waals surface area contributed by atoms with Crippen LogP contribution in [-0.2, 0) is 0 Å². The molecule has 136 valence electrons. The molecule has 2 heterocycles. The number of hydrogen-bond donors (Lipinski definition) is 2. The van der Waals surface area contributed by atoms with Gasteiger partial charge in [0.1, 0.15) is 0 Å². The van der Waals surface area contributed by atoms with Crippen LogP contribution in [-0.4, -0.2) is 15.8 Å². The van der Waals surface area contributed by atoms with E-state index in [9.17, 15) is 4.79 Å². The Morgan fingerprint density at radius 2 is 1.11 bits per heavy atom. The van der Waals surface area contributed by atoms with E-state index >= 15 is 0 Å². The van der Waals surface area contributed by atoms with E-state index in [4.69, 9.17) is 11.5 Å². The average Bonchev–Trinajstić information content (AvgIpc) is 2.73. The SMILES string of the molecule is Nc1cccc(-c2ncccc2C(=O)c2cccnc2-c2cccc(N)c2)c1. The van der Waals surface area contributed by atoms with Crippen LogP contribution in [0.5, 0.6) is 0 Å². The van der Waals surface area contributed by atoms with Gasteiger partial charge in [-0.3, -0.25) is 14.8 Å². The van der Waals surface area contributed by atoms with E-state index in [1.165, 1.54) is 0 Å². The Morgan fingerprint density at radius 1 is 0.643 bits per heavy atom. The first-order chi connectivity index (χ1) is 13.6. The van der Waals surface area contributed by atoms with E-state index in [0.29, 0.717) is 33.9 Å². The number of nitrogen functional groups attached to an aromatic ring is 2. The third-order valence-electron chi connectivity index (χ3n) is 4.42. The van der Waals surface area contributed by atoms with Gasteiger partial charge in [-0.1, -0.05) is 24.3 Å². The smallest absolute Gasteiger partial charge is 0.197 e. The third kappa shape index (κ3) is 3.33. The van der Waals surface area contributed by atoms with E-state index in [0.717, 1.165) is 11.1 Å². The van der Waals surface area contributed by atoms with Gasteiger partial charge in [-0.2, -0.15) is 0 Å². The summed E-state index contributed by atoms with van der Waals surface area (Å²) in [5.41, 5.74) is 16.8. The van der Waals surface area contributed by atoms with Crippen LogP contribution >= 0.6 is 0 Å². The summed E-state index contributed by atoms with van der Waals surface area (Å²) < 4.78 is 0. The minimum atomic E-state index is -0.156. The minimum Gasteiger partial charge on any atom is -0.399 e. The van der Waals surface area contributed by atoms with Crippen molar-refractivity contribution in [3.8, 4) is 22.5 Å². The van der Waals surface area contributed by atoms with Gasteiger partial charge in [0.2, 0.25) is 0 Å². The fourth-order valence-corrected chi connectivity index (χ4v) is 3.15. The van der Waals surface area contributed by atoms with Crippen LogP contribution in [0.3, 0.4) is 0 Å². The topological polar surface area (TPSA) is 94.9 Å². The molecule has 2 aromatic carbocycles. The predicted molar refractivity (Wildman–Crippen MR) is 112 cm³/mol. The Kier molecular flexibility index (Phi) is 4.56. The number of carbonyl (C=O) groups is 1. The molecule has 0 unspecified atom stereocenters. The van der Waals surface area contributed by atoms with Crippen LogP contribution in [0.15, 0.2) is 85.2 Å². The van der Waals surface area contributed by atoms with Crippen molar-refractivity contribution in [3.63, 3.8) is 0 Å². The van der Waals surface area contributed by atoms with Crippen molar-refractivity contribution in [2.45, 2.75) is 0 Å². The second-order valence-electron chi connectivity index (χ2n) is 6.38. The Hall–Kier alpha value is -3.99. The van der Waals surface area contributed by atoms with E-state index in [1.807, 2.05) is 24.3 Å². The zero-order valence-electron chi connectivity index (χ0n) is 15.0. The van der Waals surface area contributed by atoms with Crippen LogP contribution in [0.2, 0.25) is 0 Å². The normalized spacial score (nSPS) is 10.6. The Morgan fingerprint density at radius 3 is 1.54 bits per heavy atom. The monoisotopic (exact) mass is 366 g/mol. The molecule has 0 saturated heterocycles. The lowest BCUT2D eigenvalue weighted by atomic mass is 9.95. The molecule has 0 saturated carbocycles. The molecule has 0 bridgehead atoms. The first kappa shape index (κ1) is 17.4. The third-order valence-corrected chi connectivity index (χ3v) is 4.42. The van der Waals surface area contributed by atoms with Crippen LogP contribution in [0.1, 0.15) is 15.9 Å². The van der Waals surface area contributed by atoms with Gasteiger partial charge in [0.05, 0.1) is 11.4 Å². The molecule has 2 aromatic heterocycles. The molecular weight excluding hydrogens is 348 g/mol. The molecule has 5 nitrogen and oxygen atoms in total. The van der Waals surface area contributed by atoms with Crippen LogP contribution in [0, 0.1) is 0 Å². The summed E-state index contributed by atoms with van der Waals surface area (Å²) in [6, 6.07) is 21.7. The zero-order chi connectivity index (χ0) is 19.5. The van der Waals surface area contributed by atoms with E-state index in [2.05, 4.69) is 9.97 Å². The van der Waals surface area contributed by atoms with Gasteiger partial charge in [-0.05, 0) is 48.5 Å². The molecule has 0 radical (unpaired) electrons. The zero-order valence-corrected chi connectivity index (χ0v) is 15.0. The van der Waals surface area contributed by atoms with Crippen molar-refractivity contribution in [1.82, 2.24) is 9.97 Å². The van der Waals surface area contributed by atoms with Gasteiger partial charge in [0, 0.05) is 46.0 Å². The molecule has 5 heteroatoms. The van der Waals surface area contributed by atoms with Gasteiger partial charge in [0.25, 0.3) is 0 Å². The Balaban J connectivity index is 1.85. The summed E-state index contributed by atoms with van der Waals surface area (Å²) in [6.45, 7) is 0. The second-order valence-corrected chi connectivity index (χ2v) is 6.38. The van der Waals surface area contributed by atoms with Gasteiger partial charge in [0.15, 0.2) is 5.78 Å². The lowest BCUT2D eigenvalue weighted by Gasteiger charge is -2.11. The highest BCUT2D eigenvalue weighted by Crippen LogP contribution is 2.29. The second kappa shape index (κ2) is 7.32. The van der Waals surface area contributed by atoms with Crippen LogP contribution in [0.4, 0.5) is 11.4 Å². The standard InChI is InChI=1S/C23H18N4O/c24-17-7-1-5-15(13-17)21-19(9-3-11-26-21)23(28)20-10-4-12-27-22(20)16-6-2-8-18(25)14-16/h1-14H,24-25H2. The molecule has 0 fully saturated rings. The number of benzene rings is 2. The first-order valence-corrected chi connectivity index (χ1v) is 8.80. The molecular formula is C23H18N4O. The van der Waals surface area contributed by atoms with Gasteiger partial charge in [-0.15, -0.1) is 0 Å². The predicted octanol–water partition coefficient (Wildman–Crippen LogP) is 4.21. The molecule has 4 aromatic rings. The summed E-state index contributed by atoms with van der Waals surface area (Å²) in [4.78, 5) is 22.3. The number of rotatable bonds is 4. The van der Waals surface area contributed by atoms with E-state index in [-0.39, 0.29) is 5.78 Å². The summed E-state index contributed by atoms with van der Waals surface area (Å²) in [5, 5.41) is 0. The number of carbonyl (C=O) groups excluding carboxylic acids is 1. The number of hydrogen-bond acceptors (Lipinski definition) is 5. The van der Waals surface area contributed by atoms with Gasteiger partial charge < -0.3 is 11.5 Å². The maximum Gasteiger partial charge on any atom is 0.197 e. The molecule has 0 atom stereocenters. The fourth-order valence-electron chi connectivity index (χ4n) is 3.15.